The van der Waals surface area contributed by atoms with Gasteiger partial charge in [0.1, 0.15) is 21.8 Å². The quantitative estimate of drug-likeness (QED) is 0.404. The summed E-state index contributed by atoms with van der Waals surface area (Å²) in [6, 6.07) is 1.53. The fourth-order valence-electron chi connectivity index (χ4n) is 3.55. The number of fused-ring (bicyclic) bond motifs is 1. The number of aromatic nitrogens is 1. The van der Waals surface area contributed by atoms with Crippen molar-refractivity contribution < 1.29 is 23.5 Å². The van der Waals surface area contributed by atoms with E-state index in [0.29, 0.717) is 36.1 Å². The van der Waals surface area contributed by atoms with Crippen LogP contribution in [0, 0.1) is 12.7 Å². The topological polar surface area (TPSA) is 80.8 Å². The number of amides is 1. The van der Waals surface area contributed by atoms with E-state index < -0.39 is 23.5 Å². The van der Waals surface area contributed by atoms with Gasteiger partial charge in [0.2, 0.25) is 0 Å². The van der Waals surface area contributed by atoms with Gasteiger partial charge in [-0.3, -0.25) is 0 Å². The van der Waals surface area contributed by atoms with E-state index in [1.807, 2.05) is 20.8 Å². The SMILES string of the molecule is CCOC(=O)c1c(Cl)nc2c(F)c(Br)c(C)cc2c1NC1CCN(C(=O)OC(C)(C)C)C1. The molecule has 1 saturated heterocycles. The maximum atomic E-state index is 15.0. The molecule has 1 aliphatic heterocycles. The Labute approximate surface area is 199 Å². The molecule has 32 heavy (non-hydrogen) atoms. The average Bonchev–Trinajstić information content (AvgIpc) is 3.15. The second-order valence-electron chi connectivity index (χ2n) is 8.65. The molecular weight excluding hydrogens is 505 g/mol. The van der Waals surface area contributed by atoms with Crippen LogP contribution in [0.1, 0.15) is 50.0 Å². The van der Waals surface area contributed by atoms with E-state index in [0.717, 1.165) is 0 Å². The molecule has 1 aliphatic rings. The van der Waals surface area contributed by atoms with Crippen LogP contribution < -0.4 is 5.32 Å². The van der Waals surface area contributed by atoms with E-state index in [2.05, 4.69) is 26.2 Å². The number of nitrogens with zero attached hydrogens (tertiary/aromatic N) is 2. The lowest BCUT2D eigenvalue weighted by Crippen LogP contribution is -2.36. The highest BCUT2D eigenvalue weighted by Crippen LogP contribution is 2.37. The van der Waals surface area contributed by atoms with Crippen molar-refractivity contribution in [2.24, 2.45) is 0 Å². The molecule has 2 aromatic rings. The van der Waals surface area contributed by atoms with Crippen molar-refractivity contribution in [3.63, 3.8) is 0 Å². The molecule has 1 aromatic carbocycles. The smallest absolute Gasteiger partial charge is 0.410 e. The number of ether oxygens (including phenoxy) is 2. The minimum Gasteiger partial charge on any atom is -0.462 e. The van der Waals surface area contributed by atoms with Crippen molar-refractivity contribution >= 4 is 56.2 Å². The van der Waals surface area contributed by atoms with E-state index in [-0.39, 0.29) is 33.4 Å². The number of pyridine rings is 1. The van der Waals surface area contributed by atoms with E-state index in [1.54, 1.807) is 24.8 Å². The predicted molar refractivity (Wildman–Crippen MR) is 125 cm³/mol. The minimum absolute atomic E-state index is 0.0324. The molecule has 0 spiro atoms. The Morgan fingerprint density at radius 2 is 2.09 bits per heavy atom. The highest BCUT2D eigenvalue weighted by atomic mass is 79.9. The number of benzene rings is 1. The second-order valence-corrected chi connectivity index (χ2v) is 9.80. The summed E-state index contributed by atoms with van der Waals surface area (Å²) in [7, 11) is 0. The first-order valence-corrected chi connectivity index (χ1v) is 11.5. The maximum Gasteiger partial charge on any atom is 0.410 e. The molecule has 2 heterocycles. The highest BCUT2D eigenvalue weighted by molar-refractivity contribution is 9.10. The normalized spacial score (nSPS) is 16.4. The lowest BCUT2D eigenvalue weighted by Gasteiger charge is -2.25. The molecule has 7 nitrogen and oxygen atoms in total. The van der Waals surface area contributed by atoms with Gasteiger partial charge in [-0.15, -0.1) is 0 Å². The molecule has 1 atom stereocenters. The molecule has 0 bridgehead atoms. The number of nitrogens with one attached hydrogen (secondary N) is 1. The van der Waals surface area contributed by atoms with Crippen LogP contribution in [0.3, 0.4) is 0 Å². The largest absolute Gasteiger partial charge is 0.462 e. The zero-order valence-electron chi connectivity index (χ0n) is 18.6. The maximum absolute atomic E-state index is 15.0. The van der Waals surface area contributed by atoms with Gasteiger partial charge in [-0.05, 0) is 68.6 Å². The van der Waals surface area contributed by atoms with Crippen LogP contribution in [0.5, 0.6) is 0 Å². The van der Waals surface area contributed by atoms with Crippen LogP contribution in [0.2, 0.25) is 5.15 Å². The summed E-state index contributed by atoms with van der Waals surface area (Å²) >= 11 is 9.55. The predicted octanol–water partition coefficient (Wildman–Crippen LogP) is 5.70. The van der Waals surface area contributed by atoms with E-state index in [4.69, 9.17) is 21.1 Å². The van der Waals surface area contributed by atoms with Crippen LogP contribution in [0.4, 0.5) is 14.9 Å². The first-order valence-electron chi connectivity index (χ1n) is 10.3. The standard InChI is InChI=1S/C22H26BrClFN3O4/c1-6-31-20(29)14-17(13-9-11(2)15(23)16(25)18(13)27-19(14)24)26-12-7-8-28(10-12)21(30)32-22(3,4)5/h9,12H,6-8,10H2,1-5H3,(H,26,27). The third-order valence-electron chi connectivity index (χ3n) is 4.97. The Balaban J connectivity index is 2.02. The zero-order chi connectivity index (χ0) is 23.8. The van der Waals surface area contributed by atoms with Gasteiger partial charge in [-0.2, -0.15) is 0 Å². The van der Waals surface area contributed by atoms with E-state index in [9.17, 15) is 14.0 Å². The monoisotopic (exact) mass is 529 g/mol. The fourth-order valence-corrected chi connectivity index (χ4v) is 4.11. The Hall–Kier alpha value is -2.13. The summed E-state index contributed by atoms with van der Waals surface area (Å²) in [5.74, 6) is -1.22. The van der Waals surface area contributed by atoms with Crippen LogP contribution in [-0.4, -0.2) is 53.3 Å². The molecule has 1 unspecified atom stereocenters. The molecule has 1 fully saturated rings. The van der Waals surface area contributed by atoms with Crippen LogP contribution in [0.15, 0.2) is 10.5 Å². The van der Waals surface area contributed by atoms with Gasteiger partial charge >= 0.3 is 12.1 Å². The molecule has 0 saturated carbocycles. The number of hydrogen-bond acceptors (Lipinski definition) is 6. The third-order valence-corrected chi connectivity index (χ3v) is 6.21. The Bertz CT molecular complexity index is 1070. The molecule has 174 valence electrons. The molecule has 1 N–H and O–H groups in total. The molecule has 0 radical (unpaired) electrons. The third kappa shape index (κ3) is 5.09. The lowest BCUT2D eigenvalue weighted by molar-refractivity contribution is 0.0293. The molecule has 1 amide bonds. The van der Waals surface area contributed by atoms with Crippen molar-refractivity contribution in [1.29, 1.82) is 0 Å². The average molecular weight is 531 g/mol. The fraction of sp³-hybridized carbons (Fsp3) is 0.500. The molecule has 3 rings (SSSR count). The van der Waals surface area contributed by atoms with Gasteiger partial charge in [0.15, 0.2) is 5.82 Å². The number of halogens is 3. The van der Waals surface area contributed by atoms with Gasteiger partial charge in [-0.1, -0.05) is 11.6 Å². The zero-order valence-corrected chi connectivity index (χ0v) is 21.0. The highest BCUT2D eigenvalue weighted by Gasteiger charge is 2.32. The van der Waals surface area contributed by atoms with Gasteiger partial charge < -0.3 is 19.7 Å². The number of rotatable bonds is 4. The summed E-state index contributed by atoms with van der Waals surface area (Å²) in [6.07, 6.45) is 0.205. The van der Waals surface area contributed by atoms with Crippen molar-refractivity contribution in [2.75, 3.05) is 25.0 Å². The van der Waals surface area contributed by atoms with E-state index in [1.165, 1.54) is 0 Å². The first kappa shape index (κ1) is 24.5. The summed E-state index contributed by atoms with van der Waals surface area (Å²) in [4.78, 5) is 30.9. The molecule has 1 aromatic heterocycles. The summed E-state index contributed by atoms with van der Waals surface area (Å²) < 4.78 is 25.9. The van der Waals surface area contributed by atoms with Crippen LogP contribution in [-0.2, 0) is 9.47 Å². The Morgan fingerprint density at radius 3 is 2.72 bits per heavy atom. The molecule has 10 heteroatoms. The number of carbonyl (C=O) groups excluding carboxylic acids is 2. The van der Waals surface area contributed by atoms with Crippen LogP contribution in [0.25, 0.3) is 10.9 Å². The van der Waals surface area contributed by atoms with Gasteiger partial charge in [0.05, 0.1) is 16.8 Å². The van der Waals surface area contributed by atoms with Crippen molar-refractivity contribution in [1.82, 2.24) is 9.88 Å². The van der Waals surface area contributed by atoms with Gasteiger partial charge in [-0.25, -0.2) is 19.0 Å². The van der Waals surface area contributed by atoms with Crippen molar-refractivity contribution in [3.05, 3.63) is 32.6 Å². The van der Waals surface area contributed by atoms with Crippen molar-refractivity contribution in [3.8, 4) is 0 Å². The number of aryl methyl sites for hydroxylation is 1. The Morgan fingerprint density at radius 1 is 1.41 bits per heavy atom. The first-order chi connectivity index (χ1) is 14.9. The molecule has 0 aliphatic carbocycles. The lowest BCUT2D eigenvalue weighted by atomic mass is 10.0. The van der Waals surface area contributed by atoms with Crippen LogP contribution >= 0.6 is 27.5 Å². The summed E-state index contributed by atoms with van der Waals surface area (Å²) in [5.41, 5.74) is 0.447. The van der Waals surface area contributed by atoms with E-state index >= 15 is 0 Å². The Kier molecular flexibility index (Phi) is 7.19. The van der Waals surface area contributed by atoms with Crippen molar-refractivity contribution in [2.45, 2.75) is 52.7 Å². The minimum atomic E-state index is -0.655. The number of esters is 1. The number of likely N-dealkylation sites (tertiary alicyclic amines) is 1. The second kappa shape index (κ2) is 9.39. The number of anilines is 1. The number of hydrogen-bond donors (Lipinski definition) is 1. The summed E-state index contributed by atoms with van der Waals surface area (Å²) in [5, 5.41) is 3.55. The summed E-state index contributed by atoms with van der Waals surface area (Å²) in [6.45, 7) is 9.84. The number of carbonyl (C=O) groups is 2. The molecular formula is C22H26BrClFN3O4. The van der Waals surface area contributed by atoms with Gasteiger partial charge in [0, 0.05) is 24.5 Å². The van der Waals surface area contributed by atoms with Gasteiger partial charge in [0.25, 0.3) is 0 Å².